The monoisotopic (exact) mass is 348 g/mol. The lowest BCUT2D eigenvalue weighted by molar-refractivity contribution is 0.284. The largest absolute Gasteiger partial charge is 0.469 e. The Hall–Kier alpha value is -1.69. The molecule has 1 fully saturated rings. The number of halogens is 1. The number of nitrogens with zero attached hydrogens (tertiary/aromatic N) is 4. The molecule has 0 bridgehead atoms. The quantitative estimate of drug-likeness (QED) is 0.849. The topological polar surface area (TPSA) is 51.1 Å². The second kappa shape index (κ2) is 6.85. The number of anilines is 1. The summed E-state index contributed by atoms with van der Waals surface area (Å²) in [6, 6.07) is 5.88. The van der Waals surface area contributed by atoms with Crippen molar-refractivity contribution in [2.24, 2.45) is 0 Å². The van der Waals surface area contributed by atoms with Crippen molar-refractivity contribution >= 4 is 21.7 Å². The van der Waals surface area contributed by atoms with E-state index in [-0.39, 0.29) is 0 Å². The van der Waals surface area contributed by atoms with Crippen molar-refractivity contribution < 1.29 is 4.74 Å². The molecule has 21 heavy (non-hydrogen) atoms. The van der Waals surface area contributed by atoms with Crippen LogP contribution in [0.15, 0.2) is 35.1 Å². The molecule has 0 saturated carbocycles. The summed E-state index contributed by atoms with van der Waals surface area (Å²) in [5.41, 5.74) is 0. The normalized spacial score (nSPS) is 15.0. The van der Waals surface area contributed by atoms with Crippen LogP contribution in [0.4, 0.5) is 5.82 Å². The zero-order chi connectivity index (χ0) is 14.5. The summed E-state index contributed by atoms with van der Waals surface area (Å²) in [5, 5.41) is 0. The van der Waals surface area contributed by atoms with Gasteiger partial charge in [0.05, 0.1) is 4.47 Å². The van der Waals surface area contributed by atoms with Crippen LogP contribution in [0.5, 0.6) is 5.88 Å². The lowest BCUT2D eigenvalue weighted by Crippen LogP contribution is -2.30. The lowest BCUT2D eigenvalue weighted by Gasteiger charge is -2.27. The standard InChI is InChI=1S/C15H17BrN4O/c16-12-9-17-13(18-10-12)11-21-15-6-4-5-14(19-15)20-7-2-1-3-8-20/h4-6,9-10H,1-3,7-8,11H2. The Bertz CT molecular complexity index is 584. The van der Waals surface area contributed by atoms with Crippen LogP contribution in [0.1, 0.15) is 25.1 Å². The van der Waals surface area contributed by atoms with Crippen LogP contribution in [0.3, 0.4) is 0 Å². The molecule has 110 valence electrons. The van der Waals surface area contributed by atoms with Crippen LogP contribution in [-0.4, -0.2) is 28.0 Å². The summed E-state index contributed by atoms with van der Waals surface area (Å²) < 4.78 is 6.54. The van der Waals surface area contributed by atoms with Crippen LogP contribution in [0.25, 0.3) is 0 Å². The van der Waals surface area contributed by atoms with E-state index in [4.69, 9.17) is 4.74 Å². The van der Waals surface area contributed by atoms with Gasteiger partial charge in [-0.25, -0.2) is 9.97 Å². The van der Waals surface area contributed by atoms with Gasteiger partial charge in [-0.2, -0.15) is 4.98 Å². The molecule has 0 atom stereocenters. The SMILES string of the molecule is Brc1cnc(COc2cccc(N3CCCCC3)n2)nc1. The van der Waals surface area contributed by atoms with E-state index in [2.05, 4.69) is 35.8 Å². The van der Waals surface area contributed by atoms with Gasteiger partial charge in [-0.3, -0.25) is 0 Å². The maximum atomic E-state index is 5.69. The van der Waals surface area contributed by atoms with Gasteiger partial charge in [0.2, 0.25) is 5.88 Å². The van der Waals surface area contributed by atoms with E-state index in [0.717, 1.165) is 23.4 Å². The number of rotatable bonds is 4. The Kier molecular flexibility index (Phi) is 4.65. The first-order valence-corrected chi connectivity index (χ1v) is 7.92. The highest BCUT2D eigenvalue weighted by atomic mass is 79.9. The molecule has 0 radical (unpaired) electrons. The number of pyridine rings is 1. The van der Waals surface area contributed by atoms with E-state index in [1.165, 1.54) is 19.3 Å². The Balaban J connectivity index is 1.64. The Morgan fingerprint density at radius 3 is 2.62 bits per heavy atom. The molecule has 0 spiro atoms. The molecule has 1 aliphatic rings. The molecule has 3 rings (SSSR count). The first-order chi connectivity index (χ1) is 10.3. The molecule has 3 heterocycles. The third-order valence-corrected chi connectivity index (χ3v) is 3.82. The number of hydrogen-bond donors (Lipinski definition) is 0. The summed E-state index contributed by atoms with van der Waals surface area (Å²) in [6.45, 7) is 2.47. The van der Waals surface area contributed by atoms with Crippen molar-refractivity contribution in [3.63, 3.8) is 0 Å². The molecule has 1 saturated heterocycles. The zero-order valence-corrected chi connectivity index (χ0v) is 13.3. The first kappa shape index (κ1) is 14.3. The summed E-state index contributed by atoms with van der Waals surface area (Å²) >= 11 is 3.31. The fourth-order valence-electron chi connectivity index (χ4n) is 2.34. The Morgan fingerprint density at radius 2 is 1.86 bits per heavy atom. The maximum Gasteiger partial charge on any atom is 0.215 e. The molecule has 6 heteroatoms. The average Bonchev–Trinajstić information content (AvgIpc) is 2.55. The molecule has 0 aromatic carbocycles. The number of hydrogen-bond acceptors (Lipinski definition) is 5. The van der Waals surface area contributed by atoms with E-state index < -0.39 is 0 Å². The van der Waals surface area contributed by atoms with Crippen molar-refractivity contribution in [2.75, 3.05) is 18.0 Å². The zero-order valence-electron chi connectivity index (χ0n) is 11.7. The van der Waals surface area contributed by atoms with Crippen LogP contribution in [-0.2, 0) is 6.61 Å². The van der Waals surface area contributed by atoms with Crippen LogP contribution in [0, 0.1) is 0 Å². The third kappa shape index (κ3) is 3.91. The Morgan fingerprint density at radius 1 is 1.10 bits per heavy atom. The predicted molar refractivity (Wildman–Crippen MR) is 84.4 cm³/mol. The van der Waals surface area contributed by atoms with E-state index >= 15 is 0 Å². The minimum atomic E-state index is 0.323. The smallest absolute Gasteiger partial charge is 0.215 e. The summed E-state index contributed by atoms with van der Waals surface area (Å²) in [7, 11) is 0. The van der Waals surface area contributed by atoms with Crippen LogP contribution >= 0.6 is 15.9 Å². The molecule has 0 unspecified atom stereocenters. The van der Waals surface area contributed by atoms with Crippen molar-refractivity contribution in [2.45, 2.75) is 25.9 Å². The van der Waals surface area contributed by atoms with Crippen molar-refractivity contribution in [3.05, 3.63) is 40.9 Å². The summed E-state index contributed by atoms with van der Waals surface area (Å²) in [6.07, 6.45) is 7.21. The number of aromatic nitrogens is 3. The van der Waals surface area contributed by atoms with Gasteiger partial charge in [0, 0.05) is 31.5 Å². The van der Waals surface area contributed by atoms with Crippen molar-refractivity contribution in [1.82, 2.24) is 15.0 Å². The predicted octanol–water partition coefficient (Wildman–Crippen LogP) is 3.20. The molecule has 0 N–H and O–H groups in total. The van der Waals surface area contributed by atoms with Crippen molar-refractivity contribution in [3.8, 4) is 5.88 Å². The van der Waals surface area contributed by atoms with E-state index in [1.54, 1.807) is 12.4 Å². The van der Waals surface area contributed by atoms with Gasteiger partial charge in [-0.15, -0.1) is 0 Å². The van der Waals surface area contributed by atoms with E-state index in [1.807, 2.05) is 18.2 Å². The molecule has 2 aromatic heterocycles. The molecular weight excluding hydrogens is 332 g/mol. The minimum Gasteiger partial charge on any atom is -0.469 e. The van der Waals surface area contributed by atoms with Crippen LogP contribution in [0.2, 0.25) is 0 Å². The van der Waals surface area contributed by atoms with Crippen LogP contribution < -0.4 is 9.64 Å². The van der Waals surface area contributed by atoms with E-state index in [0.29, 0.717) is 18.3 Å². The molecule has 0 aliphatic carbocycles. The highest BCUT2D eigenvalue weighted by Gasteiger charge is 2.12. The highest BCUT2D eigenvalue weighted by Crippen LogP contribution is 2.20. The Labute approximate surface area is 132 Å². The van der Waals surface area contributed by atoms with Gasteiger partial charge in [0.15, 0.2) is 5.82 Å². The molecule has 2 aromatic rings. The maximum absolute atomic E-state index is 5.69. The van der Waals surface area contributed by atoms with Gasteiger partial charge < -0.3 is 9.64 Å². The summed E-state index contributed by atoms with van der Waals surface area (Å²) in [4.78, 5) is 15.2. The third-order valence-electron chi connectivity index (χ3n) is 3.41. The van der Waals surface area contributed by atoms with E-state index in [9.17, 15) is 0 Å². The molecule has 1 aliphatic heterocycles. The average molecular weight is 349 g/mol. The van der Waals surface area contributed by atoms with Gasteiger partial charge in [0.25, 0.3) is 0 Å². The van der Waals surface area contributed by atoms with Crippen molar-refractivity contribution in [1.29, 1.82) is 0 Å². The second-order valence-corrected chi connectivity index (χ2v) is 5.90. The lowest BCUT2D eigenvalue weighted by atomic mass is 10.1. The fraction of sp³-hybridized carbons (Fsp3) is 0.400. The highest BCUT2D eigenvalue weighted by molar-refractivity contribution is 9.10. The fourth-order valence-corrected chi connectivity index (χ4v) is 2.54. The minimum absolute atomic E-state index is 0.323. The van der Waals surface area contributed by atoms with Gasteiger partial charge in [0.1, 0.15) is 12.4 Å². The number of piperidine rings is 1. The van der Waals surface area contributed by atoms with Gasteiger partial charge in [-0.05, 0) is 41.3 Å². The van der Waals surface area contributed by atoms with Gasteiger partial charge in [-0.1, -0.05) is 6.07 Å². The first-order valence-electron chi connectivity index (χ1n) is 7.12. The second-order valence-electron chi connectivity index (χ2n) is 4.99. The van der Waals surface area contributed by atoms with Gasteiger partial charge >= 0.3 is 0 Å². The molecular formula is C15H17BrN4O. The number of ether oxygens (including phenoxy) is 1. The molecule has 5 nitrogen and oxygen atoms in total. The summed E-state index contributed by atoms with van der Waals surface area (Å²) in [5.74, 6) is 2.25. The molecule has 0 amide bonds.